The van der Waals surface area contributed by atoms with Gasteiger partial charge in [-0.2, -0.15) is 0 Å². The van der Waals surface area contributed by atoms with Crippen LogP contribution >= 0.6 is 0 Å². The minimum atomic E-state index is -0.171. The number of anilines is 4. The first kappa shape index (κ1) is 25.7. The van der Waals surface area contributed by atoms with E-state index in [2.05, 4.69) is 176 Å². The van der Waals surface area contributed by atoms with Crippen LogP contribution in [-0.2, 0) is 5.41 Å². The first-order valence-corrected chi connectivity index (χ1v) is 15.1. The van der Waals surface area contributed by atoms with Gasteiger partial charge in [-0.15, -0.1) is 0 Å². The molecule has 0 N–H and O–H groups in total. The Balaban J connectivity index is 1.45. The van der Waals surface area contributed by atoms with Crippen LogP contribution in [0.3, 0.4) is 0 Å². The third kappa shape index (κ3) is 3.95. The maximum atomic E-state index is 2.64. The van der Waals surface area contributed by atoms with Crippen LogP contribution in [0.4, 0.5) is 22.7 Å². The second kappa shape index (κ2) is 9.78. The second-order valence-electron chi connectivity index (χ2n) is 12.3. The molecule has 6 aromatic carbocycles. The summed E-state index contributed by atoms with van der Waals surface area (Å²) in [5.74, 6) is 0. The Kier molecular flexibility index (Phi) is 5.84. The van der Waals surface area contributed by atoms with Crippen molar-refractivity contribution in [3.63, 3.8) is 0 Å². The van der Waals surface area contributed by atoms with Gasteiger partial charge in [0.05, 0.1) is 0 Å². The summed E-state index contributed by atoms with van der Waals surface area (Å²) in [4.78, 5) is 4.98. The largest absolute Gasteiger partial charge is 0.376 e. The average Bonchev–Trinajstić information content (AvgIpc) is 3.06. The highest BCUT2D eigenvalue weighted by Gasteiger charge is 2.44. The molecule has 43 heavy (non-hydrogen) atoms. The van der Waals surface area contributed by atoms with Crippen molar-refractivity contribution in [3.8, 4) is 22.3 Å². The lowest BCUT2D eigenvalue weighted by atomic mass is 9.45. The Hall–Kier alpha value is -5.02. The van der Waals surface area contributed by atoms with E-state index in [0.717, 1.165) is 0 Å². The van der Waals surface area contributed by atoms with Gasteiger partial charge >= 0.3 is 6.85 Å². The molecule has 0 aromatic heterocycles. The molecule has 6 aromatic rings. The fourth-order valence-corrected chi connectivity index (χ4v) is 7.32. The van der Waals surface area contributed by atoms with Crippen molar-refractivity contribution in [2.45, 2.75) is 19.3 Å². The van der Waals surface area contributed by atoms with Gasteiger partial charge in [0, 0.05) is 35.2 Å². The van der Waals surface area contributed by atoms with Crippen LogP contribution in [0, 0.1) is 0 Å². The molecule has 0 saturated heterocycles. The maximum absolute atomic E-state index is 2.64. The molecule has 0 atom stereocenters. The summed E-state index contributed by atoms with van der Waals surface area (Å²) in [5, 5.41) is 0. The van der Waals surface area contributed by atoms with Gasteiger partial charge < -0.3 is 9.71 Å². The molecule has 8 rings (SSSR count). The SMILES string of the molecule is CN1c2ccccc2B(N2c3cc(-c4ccccc4)ccc3C(C)(C)c3ccc(-c4ccccc4)cc32)c2ccccc21. The molecule has 0 aliphatic carbocycles. The lowest BCUT2D eigenvalue weighted by Gasteiger charge is -2.47. The molecule has 206 valence electrons. The van der Waals surface area contributed by atoms with Gasteiger partial charge in [-0.1, -0.05) is 135 Å². The Morgan fingerprint density at radius 1 is 0.442 bits per heavy atom. The van der Waals surface area contributed by atoms with E-state index in [1.807, 2.05) is 0 Å². The number of hydrogen-bond acceptors (Lipinski definition) is 2. The molecule has 2 heterocycles. The number of benzene rings is 6. The van der Waals surface area contributed by atoms with Gasteiger partial charge in [0.2, 0.25) is 0 Å². The van der Waals surface area contributed by atoms with Crippen molar-refractivity contribution >= 4 is 40.5 Å². The molecule has 0 fully saturated rings. The molecule has 0 radical (unpaired) electrons. The summed E-state index contributed by atoms with van der Waals surface area (Å²) in [6, 6.07) is 53.5. The van der Waals surface area contributed by atoms with Crippen LogP contribution in [0.1, 0.15) is 25.0 Å². The van der Waals surface area contributed by atoms with Crippen LogP contribution in [0.15, 0.2) is 146 Å². The third-order valence-electron chi connectivity index (χ3n) is 9.52. The second-order valence-corrected chi connectivity index (χ2v) is 12.3. The van der Waals surface area contributed by atoms with Crippen molar-refractivity contribution < 1.29 is 0 Å². The summed E-state index contributed by atoms with van der Waals surface area (Å²) in [6.07, 6.45) is 0. The number of fused-ring (bicyclic) bond motifs is 4. The van der Waals surface area contributed by atoms with Crippen molar-refractivity contribution in [2.75, 3.05) is 16.8 Å². The van der Waals surface area contributed by atoms with Gasteiger partial charge in [-0.25, -0.2) is 0 Å². The van der Waals surface area contributed by atoms with Crippen LogP contribution in [0.2, 0.25) is 0 Å². The first-order valence-electron chi connectivity index (χ1n) is 15.1. The molecular formula is C40H33BN2. The summed E-state index contributed by atoms with van der Waals surface area (Å²) in [5.41, 5.74) is 15.1. The van der Waals surface area contributed by atoms with Crippen LogP contribution < -0.4 is 20.6 Å². The van der Waals surface area contributed by atoms with Crippen LogP contribution in [0.5, 0.6) is 0 Å². The van der Waals surface area contributed by atoms with Gasteiger partial charge in [-0.3, -0.25) is 0 Å². The number of nitrogens with zero attached hydrogens (tertiary/aromatic N) is 2. The lowest BCUT2D eigenvalue weighted by molar-refractivity contribution is 0.634. The van der Waals surface area contributed by atoms with Gasteiger partial charge in [-0.05, 0) is 68.6 Å². The number of rotatable bonds is 3. The van der Waals surface area contributed by atoms with Crippen molar-refractivity contribution in [1.82, 2.24) is 0 Å². The molecule has 0 saturated carbocycles. The van der Waals surface area contributed by atoms with E-state index in [9.17, 15) is 0 Å². The normalized spacial score (nSPS) is 14.4. The van der Waals surface area contributed by atoms with E-state index in [-0.39, 0.29) is 12.3 Å². The van der Waals surface area contributed by atoms with Gasteiger partial charge in [0.15, 0.2) is 0 Å². The van der Waals surface area contributed by atoms with E-state index < -0.39 is 0 Å². The smallest absolute Gasteiger partial charge is 0.332 e. The predicted molar refractivity (Wildman–Crippen MR) is 184 cm³/mol. The highest BCUT2D eigenvalue weighted by molar-refractivity contribution is 6.92. The third-order valence-corrected chi connectivity index (χ3v) is 9.52. The first-order chi connectivity index (χ1) is 21.0. The van der Waals surface area contributed by atoms with Crippen LogP contribution in [-0.4, -0.2) is 13.9 Å². The lowest BCUT2D eigenvalue weighted by Crippen LogP contribution is -2.60. The highest BCUT2D eigenvalue weighted by atomic mass is 15.1. The predicted octanol–water partition coefficient (Wildman–Crippen LogP) is 8.69. The average molecular weight is 553 g/mol. The molecule has 2 aliphatic heterocycles. The molecule has 0 amide bonds. The van der Waals surface area contributed by atoms with Crippen molar-refractivity contribution in [3.05, 3.63) is 157 Å². The minimum absolute atomic E-state index is 0.00856. The van der Waals surface area contributed by atoms with Crippen molar-refractivity contribution in [2.24, 2.45) is 0 Å². The number of para-hydroxylation sites is 2. The Morgan fingerprint density at radius 2 is 0.860 bits per heavy atom. The minimum Gasteiger partial charge on any atom is -0.376 e. The molecule has 0 spiro atoms. The summed E-state index contributed by atoms with van der Waals surface area (Å²) >= 11 is 0. The van der Waals surface area contributed by atoms with Gasteiger partial charge in [0.1, 0.15) is 0 Å². The molecule has 0 bridgehead atoms. The molecule has 0 unspecified atom stereocenters. The molecule has 2 aliphatic rings. The van der Waals surface area contributed by atoms with E-state index in [4.69, 9.17) is 0 Å². The maximum Gasteiger partial charge on any atom is 0.332 e. The van der Waals surface area contributed by atoms with E-state index in [1.54, 1.807) is 0 Å². The Labute approximate surface area is 255 Å². The summed E-state index contributed by atoms with van der Waals surface area (Å²) < 4.78 is 0. The summed E-state index contributed by atoms with van der Waals surface area (Å²) in [7, 11) is 2.19. The fourth-order valence-electron chi connectivity index (χ4n) is 7.32. The zero-order chi connectivity index (χ0) is 29.1. The Bertz CT molecular complexity index is 1840. The summed E-state index contributed by atoms with van der Waals surface area (Å²) in [6.45, 7) is 4.76. The van der Waals surface area contributed by atoms with E-state index >= 15 is 0 Å². The quantitative estimate of drug-likeness (QED) is 0.203. The molecule has 3 heteroatoms. The zero-order valence-electron chi connectivity index (χ0n) is 24.8. The zero-order valence-corrected chi connectivity index (χ0v) is 24.8. The fraction of sp³-hybridized carbons (Fsp3) is 0.100. The van der Waals surface area contributed by atoms with Crippen molar-refractivity contribution in [1.29, 1.82) is 0 Å². The highest BCUT2D eigenvalue weighted by Crippen LogP contribution is 2.51. The van der Waals surface area contributed by atoms with Gasteiger partial charge in [0.25, 0.3) is 0 Å². The van der Waals surface area contributed by atoms with E-state index in [1.165, 1.54) is 67.1 Å². The number of hydrogen-bond donors (Lipinski definition) is 0. The topological polar surface area (TPSA) is 6.48 Å². The Morgan fingerprint density at radius 3 is 1.33 bits per heavy atom. The molecule has 2 nitrogen and oxygen atoms in total. The standard InChI is InChI=1S/C40H33BN2/c1-40(2)32-24-22-30(28-14-6-4-7-15-28)26-38(32)43(39-27-31(23-25-33(39)40)29-16-8-5-9-17-29)41-34-18-10-12-20-36(34)42(3)37-21-13-11-19-35(37)41/h4-27H,1-3H3. The van der Waals surface area contributed by atoms with Crippen LogP contribution in [0.25, 0.3) is 22.3 Å². The monoisotopic (exact) mass is 552 g/mol. The molecular weight excluding hydrogens is 519 g/mol. The van der Waals surface area contributed by atoms with E-state index in [0.29, 0.717) is 0 Å².